The SMILES string of the molecule is COc1ccc(N(CC(=O)N(Cc2ccccc2)[C@H](Cc2ccccc2)C(=O)NCC(C)C)S(=O)(=O)c2ccc(C)cc2)cc1Cl. The number of rotatable bonds is 14. The lowest BCUT2D eigenvalue weighted by atomic mass is 10.0. The van der Waals surface area contributed by atoms with Crippen molar-refractivity contribution in [3.05, 3.63) is 125 Å². The summed E-state index contributed by atoms with van der Waals surface area (Å²) in [5.74, 6) is -0.316. The third kappa shape index (κ3) is 8.89. The largest absolute Gasteiger partial charge is 0.495 e. The first kappa shape index (κ1) is 34.5. The van der Waals surface area contributed by atoms with E-state index in [2.05, 4.69) is 5.32 Å². The molecule has 10 heteroatoms. The van der Waals surface area contributed by atoms with Crippen LogP contribution in [0.25, 0.3) is 0 Å². The van der Waals surface area contributed by atoms with Crippen LogP contribution < -0.4 is 14.4 Å². The van der Waals surface area contributed by atoms with Crippen molar-refractivity contribution in [3.8, 4) is 5.75 Å². The van der Waals surface area contributed by atoms with Crippen molar-refractivity contribution >= 4 is 39.1 Å². The topological polar surface area (TPSA) is 96.0 Å². The van der Waals surface area contributed by atoms with Crippen molar-refractivity contribution in [2.24, 2.45) is 5.92 Å². The summed E-state index contributed by atoms with van der Waals surface area (Å²) < 4.78 is 34.7. The number of sulfonamides is 1. The van der Waals surface area contributed by atoms with Crippen LogP contribution in [-0.2, 0) is 32.6 Å². The molecule has 0 heterocycles. The Balaban J connectivity index is 1.81. The number of carbonyl (C=O) groups excluding carboxylic acids is 2. The van der Waals surface area contributed by atoms with Gasteiger partial charge in [0.25, 0.3) is 10.0 Å². The molecule has 46 heavy (non-hydrogen) atoms. The molecule has 0 saturated heterocycles. The normalized spacial score (nSPS) is 12.0. The molecule has 0 spiro atoms. The zero-order chi connectivity index (χ0) is 33.3. The van der Waals surface area contributed by atoms with Crippen molar-refractivity contribution in [2.45, 2.75) is 44.7 Å². The van der Waals surface area contributed by atoms with Crippen molar-refractivity contribution in [1.29, 1.82) is 0 Å². The number of hydrogen-bond donors (Lipinski definition) is 1. The highest BCUT2D eigenvalue weighted by Gasteiger charge is 2.35. The molecule has 0 radical (unpaired) electrons. The average molecular weight is 662 g/mol. The summed E-state index contributed by atoms with van der Waals surface area (Å²) in [5, 5.41) is 3.18. The molecule has 0 aliphatic rings. The van der Waals surface area contributed by atoms with Crippen LogP contribution in [0.2, 0.25) is 5.02 Å². The van der Waals surface area contributed by atoms with Gasteiger partial charge in [0.15, 0.2) is 0 Å². The van der Waals surface area contributed by atoms with Crippen molar-refractivity contribution < 1.29 is 22.7 Å². The molecule has 4 rings (SSSR count). The molecule has 1 atom stereocenters. The van der Waals surface area contributed by atoms with Gasteiger partial charge in [-0.05, 0) is 54.3 Å². The molecule has 0 bridgehead atoms. The molecular formula is C36H40ClN3O5S. The van der Waals surface area contributed by atoms with E-state index in [0.29, 0.717) is 12.3 Å². The number of anilines is 1. The summed E-state index contributed by atoms with van der Waals surface area (Å²) >= 11 is 6.44. The lowest BCUT2D eigenvalue weighted by molar-refractivity contribution is -0.140. The molecule has 0 aromatic heterocycles. The van der Waals surface area contributed by atoms with Crippen LogP contribution in [0.3, 0.4) is 0 Å². The number of hydrogen-bond acceptors (Lipinski definition) is 5. The maximum absolute atomic E-state index is 14.5. The second-order valence-corrected chi connectivity index (χ2v) is 13.8. The Hall–Kier alpha value is -4.34. The smallest absolute Gasteiger partial charge is 0.264 e. The molecule has 242 valence electrons. The highest BCUT2D eigenvalue weighted by molar-refractivity contribution is 7.92. The van der Waals surface area contributed by atoms with E-state index in [1.165, 1.54) is 30.2 Å². The minimum Gasteiger partial charge on any atom is -0.495 e. The number of amides is 2. The lowest BCUT2D eigenvalue weighted by Crippen LogP contribution is -2.53. The van der Waals surface area contributed by atoms with Gasteiger partial charge < -0.3 is 15.0 Å². The van der Waals surface area contributed by atoms with E-state index in [1.807, 2.05) is 81.4 Å². The van der Waals surface area contributed by atoms with Crippen LogP contribution in [0.5, 0.6) is 5.75 Å². The Labute approximate surface area is 277 Å². The highest BCUT2D eigenvalue weighted by atomic mass is 35.5. The monoisotopic (exact) mass is 661 g/mol. The van der Waals surface area contributed by atoms with Gasteiger partial charge in [0, 0.05) is 19.5 Å². The van der Waals surface area contributed by atoms with Gasteiger partial charge in [0.1, 0.15) is 18.3 Å². The van der Waals surface area contributed by atoms with E-state index in [1.54, 1.807) is 24.3 Å². The Morgan fingerprint density at radius 1 is 0.870 bits per heavy atom. The number of ether oxygens (including phenoxy) is 1. The summed E-state index contributed by atoms with van der Waals surface area (Å²) in [7, 11) is -2.79. The van der Waals surface area contributed by atoms with Gasteiger partial charge in [-0.15, -0.1) is 0 Å². The summed E-state index contributed by atoms with van der Waals surface area (Å²) in [6.45, 7) is 5.79. The van der Waals surface area contributed by atoms with Crippen LogP contribution in [0.4, 0.5) is 5.69 Å². The average Bonchev–Trinajstić information content (AvgIpc) is 3.05. The number of methoxy groups -OCH3 is 1. The molecule has 4 aromatic carbocycles. The molecule has 0 aliphatic carbocycles. The van der Waals surface area contributed by atoms with Crippen molar-refractivity contribution in [3.63, 3.8) is 0 Å². The van der Waals surface area contributed by atoms with Crippen LogP contribution in [0.1, 0.15) is 30.5 Å². The molecule has 0 aliphatic heterocycles. The number of aryl methyl sites for hydroxylation is 1. The van der Waals surface area contributed by atoms with Crippen LogP contribution in [-0.4, -0.2) is 51.4 Å². The zero-order valence-corrected chi connectivity index (χ0v) is 28.1. The molecule has 2 amide bonds. The van der Waals surface area contributed by atoms with Crippen LogP contribution in [0, 0.1) is 12.8 Å². The second kappa shape index (κ2) is 15.8. The minimum absolute atomic E-state index is 0.0166. The molecule has 0 fully saturated rings. The fraction of sp³-hybridized carbons (Fsp3) is 0.278. The van der Waals surface area contributed by atoms with Crippen molar-refractivity contribution in [1.82, 2.24) is 10.2 Å². The van der Waals surface area contributed by atoms with Crippen LogP contribution >= 0.6 is 11.6 Å². The summed E-state index contributed by atoms with van der Waals surface area (Å²) in [4.78, 5) is 29.9. The maximum Gasteiger partial charge on any atom is 0.264 e. The van der Waals surface area contributed by atoms with Crippen molar-refractivity contribution in [2.75, 3.05) is 24.5 Å². The minimum atomic E-state index is -4.25. The molecule has 4 aromatic rings. The lowest BCUT2D eigenvalue weighted by Gasteiger charge is -2.34. The van der Waals surface area contributed by atoms with E-state index in [4.69, 9.17) is 16.3 Å². The van der Waals surface area contributed by atoms with Gasteiger partial charge in [-0.25, -0.2) is 8.42 Å². The quantitative estimate of drug-likeness (QED) is 0.172. The third-order valence-electron chi connectivity index (χ3n) is 7.46. The molecule has 0 unspecified atom stereocenters. The zero-order valence-electron chi connectivity index (χ0n) is 26.5. The van der Waals surface area contributed by atoms with E-state index in [0.717, 1.165) is 21.0 Å². The van der Waals surface area contributed by atoms with Gasteiger partial charge in [-0.1, -0.05) is 104 Å². The Bertz CT molecular complexity index is 1720. The van der Waals surface area contributed by atoms with Gasteiger partial charge >= 0.3 is 0 Å². The Morgan fingerprint density at radius 2 is 1.48 bits per heavy atom. The number of halogens is 1. The molecule has 1 N–H and O–H groups in total. The van der Waals surface area contributed by atoms with Gasteiger partial charge in [0.2, 0.25) is 11.8 Å². The summed E-state index contributed by atoms with van der Waals surface area (Å²) in [6, 6.07) is 28.8. The van der Waals surface area contributed by atoms with Crippen LogP contribution in [0.15, 0.2) is 108 Å². The Morgan fingerprint density at radius 3 is 2.04 bits per heavy atom. The summed E-state index contributed by atoms with van der Waals surface area (Å²) in [5.41, 5.74) is 2.73. The predicted molar refractivity (Wildman–Crippen MR) is 182 cm³/mol. The third-order valence-corrected chi connectivity index (χ3v) is 9.55. The number of benzene rings is 4. The maximum atomic E-state index is 14.5. The van der Waals surface area contributed by atoms with E-state index < -0.39 is 28.5 Å². The fourth-order valence-corrected chi connectivity index (χ4v) is 6.59. The van der Waals surface area contributed by atoms with E-state index in [-0.39, 0.29) is 40.4 Å². The van der Waals surface area contributed by atoms with Gasteiger partial charge in [-0.2, -0.15) is 0 Å². The standard InChI is InChI=1S/C36H40ClN3O5S/c1-26(2)23-38-36(42)33(21-28-11-7-5-8-12-28)39(24-29-13-9-6-10-14-29)35(41)25-40(30-17-20-34(45-4)32(37)22-30)46(43,44)31-18-15-27(3)16-19-31/h5-20,22,26,33H,21,23-25H2,1-4H3,(H,38,42)/t33-/m1/s1. The first-order chi connectivity index (χ1) is 22.0. The number of nitrogens with zero attached hydrogens (tertiary/aromatic N) is 2. The van der Waals surface area contributed by atoms with Gasteiger partial charge in [0.05, 0.1) is 22.7 Å². The number of nitrogens with one attached hydrogen (secondary N) is 1. The first-order valence-corrected chi connectivity index (χ1v) is 16.9. The first-order valence-electron chi connectivity index (χ1n) is 15.1. The molecule has 0 saturated carbocycles. The fourth-order valence-electron chi connectivity index (χ4n) is 4.93. The molecule has 8 nitrogen and oxygen atoms in total. The second-order valence-electron chi connectivity index (χ2n) is 11.5. The predicted octanol–water partition coefficient (Wildman–Crippen LogP) is 6.26. The summed E-state index contributed by atoms with van der Waals surface area (Å²) in [6.07, 6.45) is 0.239. The van der Waals surface area contributed by atoms with E-state index >= 15 is 0 Å². The molecular weight excluding hydrogens is 622 g/mol. The Kier molecular flexibility index (Phi) is 11.8. The van der Waals surface area contributed by atoms with Gasteiger partial charge in [-0.3, -0.25) is 13.9 Å². The number of carbonyl (C=O) groups is 2. The van der Waals surface area contributed by atoms with E-state index in [9.17, 15) is 18.0 Å². The highest BCUT2D eigenvalue weighted by Crippen LogP contribution is 2.32.